The molecule has 2 aromatic rings. The monoisotopic (exact) mass is 299 g/mol. The number of hydrogen-bond donors (Lipinski definition) is 2. The van der Waals surface area contributed by atoms with Crippen molar-refractivity contribution < 1.29 is 22.7 Å². The molecule has 0 spiro atoms. The van der Waals surface area contributed by atoms with Crippen LogP contribution in [0.3, 0.4) is 0 Å². The van der Waals surface area contributed by atoms with Crippen molar-refractivity contribution in [3.63, 3.8) is 0 Å². The predicted octanol–water partition coefficient (Wildman–Crippen LogP) is 3.95. The first-order chi connectivity index (χ1) is 9.88. The molecule has 0 aliphatic carbocycles. The van der Waals surface area contributed by atoms with E-state index in [2.05, 4.69) is 5.32 Å². The molecule has 0 bridgehead atoms. The summed E-state index contributed by atoms with van der Waals surface area (Å²) >= 11 is 0. The van der Waals surface area contributed by atoms with Crippen LogP contribution in [0.4, 0.5) is 23.2 Å². The smallest absolute Gasteiger partial charge is 0.392 e. The van der Waals surface area contributed by atoms with Gasteiger partial charge in [-0.25, -0.2) is 4.39 Å². The highest BCUT2D eigenvalue weighted by atomic mass is 19.4. The molecule has 2 aromatic carbocycles. The number of aliphatic hydroxyl groups excluding tert-OH is 1. The zero-order chi connectivity index (χ0) is 15.5. The van der Waals surface area contributed by atoms with Gasteiger partial charge in [-0.1, -0.05) is 12.1 Å². The van der Waals surface area contributed by atoms with Crippen molar-refractivity contribution in [3.8, 4) is 0 Å². The molecule has 0 amide bonds. The third-order valence-electron chi connectivity index (χ3n) is 2.89. The summed E-state index contributed by atoms with van der Waals surface area (Å²) in [7, 11) is 0. The van der Waals surface area contributed by atoms with E-state index in [-0.39, 0.29) is 18.7 Å². The van der Waals surface area contributed by atoms with Gasteiger partial charge in [0.25, 0.3) is 0 Å². The normalized spacial score (nSPS) is 11.5. The Hall–Kier alpha value is -2.08. The third-order valence-corrected chi connectivity index (χ3v) is 2.89. The lowest BCUT2D eigenvalue weighted by Crippen LogP contribution is -2.08. The van der Waals surface area contributed by atoms with E-state index in [1.165, 1.54) is 0 Å². The van der Waals surface area contributed by atoms with Crippen LogP contribution in [0.5, 0.6) is 0 Å². The average molecular weight is 299 g/mol. The van der Waals surface area contributed by atoms with Gasteiger partial charge in [0, 0.05) is 12.2 Å². The lowest BCUT2D eigenvalue weighted by molar-refractivity contribution is -0.137. The molecule has 2 rings (SSSR count). The van der Waals surface area contributed by atoms with Crippen LogP contribution in [0, 0.1) is 5.82 Å². The highest BCUT2D eigenvalue weighted by molar-refractivity contribution is 5.46. The largest absolute Gasteiger partial charge is 0.416 e. The molecule has 0 atom stereocenters. The quantitative estimate of drug-likeness (QED) is 0.838. The van der Waals surface area contributed by atoms with Gasteiger partial charge in [-0.15, -0.1) is 0 Å². The van der Waals surface area contributed by atoms with Gasteiger partial charge < -0.3 is 10.4 Å². The lowest BCUT2D eigenvalue weighted by Gasteiger charge is -2.11. The number of aliphatic hydroxyl groups is 1. The number of hydrogen-bond acceptors (Lipinski definition) is 2. The molecular weight excluding hydrogens is 286 g/mol. The first-order valence-electron chi connectivity index (χ1n) is 6.19. The van der Waals surface area contributed by atoms with E-state index in [1.54, 1.807) is 24.3 Å². The molecule has 0 aromatic heterocycles. The van der Waals surface area contributed by atoms with Gasteiger partial charge in [-0.05, 0) is 41.5 Å². The second-order valence-electron chi connectivity index (χ2n) is 4.56. The molecule has 0 saturated carbocycles. The minimum Gasteiger partial charge on any atom is -0.392 e. The fraction of sp³-hybridized carbons (Fsp3) is 0.200. The zero-order valence-corrected chi connectivity index (χ0v) is 10.9. The summed E-state index contributed by atoms with van der Waals surface area (Å²) in [5.74, 6) is -0.925. The number of anilines is 1. The lowest BCUT2D eigenvalue weighted by atomic mass is 10.1. The maximum absolute atomic E-state index is 13.2. The SMILES string of the molecule is OCc1cccc(NCc2cc(F)cc(C(F)(F)F)c2)c1. The van der Waals surface area contributed by atoms with E-state index >= 15 is 0 Å². The van der Waals surface area contributed by atoms with Crippen molar-refractivity contribution in [2.75, 3.05) is 5.32 Å². The van der Waals surface area contributed by atoms with Gasteiger partial charge in [0.15, 0.2) is 0 Å². The fourth-order valence-corrected chi connectivity index (χ4v) is 1.90. The van der Waals surface area contributed by atoms with Crippen LogP contribution in [-0.4, -0.2) is 5.11 Å². The van der Waals surface area contributed by atoms with Crippen molar-refractivity contribution in [2.24, 2.45) is 0 Å². The zero-order valence-electron chi connectivity index (χ0n) is 10.9. The first kappa shape index (κ1) is 15.3. The fourth-order valence-electron chi connectivity index (χ4n) is 1.90. The van der Waals surface area contributed by atoms with Crippen molar-refractivity contribution in [1.82, 2.24) is 0 Å². The molecule has 0 unspecified atom stereocenters. The predicted molar refractivity (Wildman–Crippen MR) is 71.1 cm³/mol. The van der Waals surface area contributed by atoms with E-state index in [0.717, 1.165) is 12.1 Å². The Morgan fingerprint density at radius 2 is 1.76 bits per heavy atom. The van der Waals surface area contributed by atoms with Gasteiger partial charge in [-0.3, -0.25) is 0 Å². The van der Waals surface area contributed by atoms with Crippen molar-refractivity contribution in [3.05, 3.63) is 65.0 Å². The van der Waals surface area contributed by atoms with Crippen LogP contribution in [-0.2, 0) is 19.3 Å². The maximum atomic E-state index is 13.2. The summed E-state index contributed by atoms with van der Waals surface area (Å²) < 4.78 is 51.0. The van der Waals surface area contributed by atoms with Crippen molar-refractivity contribution >= 4 is 5.69 Å². The molecule has 0 fully saturated rings. The van der Waals surface area contributed by atoms with E-state index in [4.69, 9.17) is 5.11 Å². The number of nitrogens with one attached hydrogen (secondary N) is 1. The highest BCUT2D eigenvalue weighted by Gasteiger charge is 2.31. The van der Waals surface area contributed by atoms with E-state index in [9.17, 15) is 17.6 Å². The van der Waals surface area contributed by atoms with Gasteiger partial charge in [-0.2, -0.15) is 13.2 Å². The Labute approximate surface area is 119 Å². The first-order valence-corrected chi connectivity index (χ1v) is 6.19. The standard InChI is InChI=1S/C15H13F4NO/c16-13-5-11(4-12(7-13)15(17,18)19)8-20-14-3-1-2-10(6-14)9-21/h1-7,20-21H,8-9H2. The summed E-state index contributed by atoms with van der Waals surface area (Å²) in [6, 6.07) is 9.24. The van der Waals surface area contributed by atoms with Gasteiger partial charge in [0.05, 0.1) is 12.2 Å². The van der Waals surface area contributed by atoms with E-state index in [0.29, 0.717) is 17.3 Å². The summed E-state index contributed by atoms with van der Waals surface area (Å²) in [6.45, 7) is -0.0799. The van der Waals surface area contributed by atoms with Crippen molar-refractivity contribution in [2.45, 2.75) is 19.3 Å². The maximum Gasteiger partial charge on any atom is 0.416 e. The second-order valence-corrected chi connectivity index (χ2v) is 4.56. The summed E-state index contributed by atoms with van der Waals surface area (Å²) in [5.41, 5.74) is 0.495. The Kier molecular flexibility index (Phi) is 4.47. The average Bonchev–Trinajstić information content (AvgIpc) is 2.44. The number of rotatable bonds is 4. The van der Waals surface area contributed by atoms with Gasteiger partial charge in [0.1, 0.15) is 5.82 Å². The molecule has 112 valence electrons. The molecule has 0 radical (unpaired) electrons. The van der Waals surface area contributed by atoms with Crippen molar-refractivity contribution in [1.29, 1.82) is 0 Å². The number of halogens is 4. The number of alkyl halides is 3. The molecule has 0 aliphatic heterocycles. The topological polar surface area (TPSA) is 32.3 Å². The molecule has 0 heterocycles. The molecule has 2 nitrogen and oxygen atoms in total. The Morgan fingerprint density at radius 1 is 1.00 bits per heavy atom. The molecule has 6 heteroatoms. The highest BCUT2D eigenvalue weighted by Crippen LogP contribution is 2.30. The molecular formula is C15H13F4NO. The van der Waals surface area contributed by atoms with Gasteiger partial charge >= 0.3 is 6.18 Å². The summed E-state index contributed by atoms with van der Waals surface area (Å²) in [5, 5.41) is 11.9. The Bertz CT molecular complexity index is 625. The minimum atomic E-state index is -4.58. The van der Waals surface area contributed by atoms with Crippen LogP contribution in [0.25, 0.3) is 0 Å². The van der Waals surface area contributed by atoms with Crippen LogP contribution in [0.15, 0.2) is 42.5 Å². The Balaban J connectivity index is 2.14. The van der Waals surface area contributed by atoms with Crippen LogP contribution < -0.4 is 5.32 Å². The minimum absolute atomic E-state index is 0.0513. The molecule has 0 saturated heterocycles. The van der Waals surface area contributed by atoms with E-state index in [1.807, 2.05) is 0 Å². The van der Waals surface area contributed by atoms with Gasteiger partial charge in [0.2, 0.25) is 0 Å². The number of benzene rings is 2. The molecule has 0 aliphatic rings. The molecule has 21 heavy (non-hydrogen) atoms. The second kappa shape index (κ2) is 6.13. The third kappa shape index (κ3) is 4.19. The van der Waals surface area contributed by atoms with Crippen LogP contribution in [0.1, 0.15) is 16.7 Å². The Morgan fingerprint density at radius 3 is 2.43 bits per heavy atom. The van der Waals surface area contributed by atoms with Crippen LogP contribution >= 0.6 is 0 Å². The van der Waals surface area contributed by atoms with E-state index < -0.39 is 17.6 Å². The summed E-state index contributed by atoms with van der Waals surface area (Å²) in [6.07, 6.45) is -4.58. The van der Waals surface area contributed by atoms with Crippen LogP contribution in [0.2, 0.25) is 0 Å². The summed E-state index contributed by atoms with van der Waals surface area (Å²) in [4.78, 5) is 0. The molecule has 2 N–H and O–H groups in total.